The maximum atomic E-state index is 12.5. The van der Waals surface area contributed by atoms with Crippen LogP contribution >= 0.6 is 35.0 Å². The molecule has 0 radical (unpaired) electrons. The van der Waals surface area contributed by atoms with Crippen LogP contribution in [-0.2, 0) is 11.4 Å². The zero-order valence-corrected chi connectivity index (χ0v) is 20.4. The number of nitrogens with one attached hydrogen (secondary N) is 2. The van der Waals surface area contributed by atoms with Gasteiger partial charge in [0, 0.05) is 15.7 Å². The van der Waals surface area contributed by atoms with Gasteiger partial charge < -0.3 is 20.1 Å². The zero-order chi connectivity index (χ0) is 23.4. The molecule has 170 valence electrons. The lowest BCUT2D eigenvalue weighted by Crippen LogP contribution is -2.31. The average Bonchev–Trinajstić information content (AvgIpc) is 3.14. The second-order valence-electron chi connectivity index (χ2n) is 7.41. The maximum absolute atomic E-state index is 12.5. The molecule has 33 heavy (non-hydrogen) atoms. The van der Waals surface area contributed by atoms with E-state index in [1.54, 1.807) is 7.11 Å². The Labute approximate surface area is 207 Å². The van der Waals surface area contributed by atoms with E-state index in [0.29, 0.717) is 33.1 Å². The Kier molecular flexibility index (Phi) is 7.38. The van der Waals surface area contributed by atoms with E-state index in [9.17, 15) is 4.79 Å². The van der Waals surface area contributed by atoms with Gasteiger partial charge >= 0.3 is 0 Å². The van der Waals surface area contributed by atoms with E-state index in [0.717, 1.165) is 22.4 Å². The van der Waals surface area contributed by atoms with Gasteiger partial charge in [-0.05, 0) is 66.1 Å². The van der Waals surface area contributed by atoms with Crippen molar-refractivity contribution in [2.45, 2.75) is 19.0 Å². The summed E-state index contributed by atoms with van der Waals surface area (Å²) in [5.41, 5.74) is 3.48. The molecule has 4 rings (SSSR count). The molecule has 1 amide bonds. The molecule has 1 unspecified atom stereocenters. The van der Waals surface area contributed by atoms with E-state index in [1.165, 1.54) is 11.8 Å². The van der Waals surface area contributed by atoms with Gasteiger partial charge in [0.05, 0.1) is 12.0 Å². The molecule has 0 spiro atoms. The molecule has 1 atom stereocenters. The number of ether oxygens (including phenoxy) is 2. The highest BCUT2D eigenvalue weighted by Crippen LogP contribution is 2.34. The molecule has 1 aliphatic heterocycles. The lowest BCUT2D eigenvalue weighted by atomic mass is 10.2. The molecule has 2 N–H and O–H groups in total. The molecule has 0 aromatic heterocycles. The predicted octanol–water partition coefficient (Wildman–Crippen LogP) is 6.49. The third kappa shape index (κ3) is 5.96. The Bertz CT molecular complexity index is 1200. The van der Waals surface area contributed by atoms with Crippen molar-refractivity contribution in [3.8, 4) is 11.5 Å². The van der Waals surface area contributed by atoms with Gasteiger partial charge in [-0.25, -0.2) is 0 Å². The fourth-order valence-electron chi connectivity index (χ4n) is 3.24. The number of carbonyl (C=O) groups is 1. The van der Waals surface area contributed by atoms with Crippen LogP contribution in [0.5, 0.6) is 11.5 Å². The highest BCUT2D eigenvalue weighted by molar-refractivity contribution is 8.05. The smallest absolute Gasteiger partial charge is 0.260 e. The van der Waals surface area contributed by atoms with E-state index in [-0.39, 0.29) is 11.4 Å². The van der Waals surface area contributed by atoms with Crippen LogP contribution in [0.4, 0.5) is 5.69 Å². The van der Waals surface area contributed by atoms with Crippen LogP contribution < -0.4 is 20.1 Å². The van der Waals surface area contributed by atoms with Gasteiger partial charge in [-0.2, -0.15) is 0 Å². The molecular formula is C25H22Cl2N2O3S. The van der Waals surface area contributed by atoms with Gasteiger partial charge in [-0.15, -0.1) is 0 Å². The number of thioether (sulfide) groups is 1. The van der Waals surface area contributed by atoms with Crippen LogP contribution in [0.15, 0.2) is 65.6 Å². The Morgan fingerprint density at radius 2 is 1.79 bits per heavy atom. The minimum atomic E-state index is -0.287. The van der Waals surface area contributed by atoms with Crippen LogP contribution in [-0.4, -0.2) is 18.5 Å². The second-order valence-corrected chi connectivity index (χ2v) is 9.43. The molecule has 1 fully saturated rings. The van der Waals surface area contributed by atoms with E-state index < -0.39 is 0 Å². The number of hydrogen-bond donors (Lipinski definition) is 2. The minimum absolute atomic E-state index is 0.140. The van der Waals surface area contributed by atoms with Crippen molar-refractivity contribution < 1.29 is 14.3 Å². The molecule has 8 heteroatoms. The lowest BCUT2D eigenvalue weighted by Gasteiger charge is -2.15. The first-order valence-corrected chi connectivity index (χ1v) is 11.8. The van der Waals surface area contributed by atoms with Gasteiger partial charge in [0.2, 0.25) is 0 Å². The van der Waals surface area contributed by atoms with Crippen LogP contribution in [0.2, 0.25) is 10.0 Å². The van der Waals surface area contributed by atoms with Gasteiger partial charge in [0.15, 0.2) is 17.0 Å². The summed E-state index contributed by atoms with van der Waals surface area (Å²) in [6.07, 6.45) is 1.83. The second kappa shape index (κ2) is 10.4. The fourth-order valence-corrected chi connectivity index (χ4v) is 4.52. The van der Waals surface area contributed by atoms with E-state index in [4.69, 9.17) is 32.7 Å². The third-order valence-electron chi connectivity index (χ3n) is 5.01. The molecule has 3 aromatic carbocycles. The summed E-state index contributed by atoms with van der Waals surface area (Å²) in [6, 6.07) is 18.7. The van der Waals surface area contributed by atoms with Crippen molar-refractivity contribution in [3.05, 3.63) is 92.3 Å². The quantitative estimate of drug-likeness (QED) is 0.363. The first-order chi connectivity index (χ1) is 15.9. The predicted molar refractivity (Wildman–Crippen MR) is 136 cm³/mol. The number of hydrogen-bond acceptors (Lipinski definition) is 5. The molecule has 1 saturated heterocycles. The molecule has 0 aliphatic carbocycles. The van der Waals surface area contributed by atoms with Crippen molar-refractivity contribution in [1.29, 1.82) is 0 Å². The molecule has 0 bridgehead atoms. The maximum Gasteiger partial charge on any atom is 0.260 e. The van der Waals surface area contributed by atoms with Crippen molar-refractivity contribution in [2.24, 2.45) is 0 Å². The largest absolute Gasteiger partial charge is 0.493 e. The van der Waals surface area contributed by atoms with Gasteiger partial charge in [0.25, 0.3) is 5.91 Å². The van der Waals surface area contributed by atoms with Crippen LogP contribution in [0.25, 0.3) is 6.08 Å². The minimum Gasteiger partial charge on any atom is -0.493 e. The average molecular weight is 501 g/mol. The number of carbonyl (C=O) groups excluding carboxylic acids is 1. The molecular weight excluding hydrogens is 479 g/mol. The van der Waals surface area contributed by atoms with E-state index in [1.807, 2.05) is 73.7 Å². The topological polar surface area (TPSA) is 59.6 Å². The molecule has 1 aliphatic rings. The first-order valence-electron chi connectivity index (χ1n) is 10.2. The van der Waals surface area contributed by atoms with Crippen molar-refractivity contribution in [3.63, 3.8) is 0 Å². The Morgan fingerprint density at radius 1 is 1.03 bits per heavy atom. The molecule has 3 aromatic rings. The van der Waals surface area contributed by atoms with E-state index >= 15 is 0 Å². The van der Waals surface area contributed by atoms with Gasteiger partial charge in [-0.3, -0.25) is 4.79 Å². The summed E-state index contributed by atoms with van der Waals surface area (Å²) in [4.78, 5) is 13.1. The van der Waals surface area contributed by atoms with Gasteiger partial charge in [-0.1, -0.05) is 59.2 Å². The number of anilines is 1. The fraction of sp³-hybridized carbons (Fsp3) is 0.160. The van der Waals surface area contributed by atoms with Crippen LogP contribution in [0, 0.1) is 6.92 Å². The van der Waals surface area contributed by atoms with Crippen molar-refractivity contribution in [2.75, 3.05) is 12.4 Å². The van der Waals surface area contributed by atoms with Crippen LogP contribution in [0.1, 0.15) is 16.7 Å². The number of amides is 1. The van der Waals surface area contributed by atoms with Crippen molar-refractivity contribution in [1.82, 2.24) is 5.32 Å². The van der Waals surface area contributed by atoms with Crippen LogP contribution in [0.3, 0.4) is 0 Å². The summed E-state index contributed by atoms with van der Waals surface area (Å²) in [6.45, 7) is 2.38. The summed E-state index contributed by atoms with van der Waals surface area (Å²) in [5, 5.41) is 7.57. The van der Waals surface area contributed by atoms with Crippen molar-refractivity contribution >= 4 is 52.6 Å². The third-order valence-corrected chi connectivity index (χ3v) is 6.53. The number of aryl methyl sites for hydroxylation is 1. The highest BCUT2D eigenvalue weighted by atomic mass is 35.5. The number of methoxy groups -OCH3 is 1. The summed E-state index contributed by atoms with van der Waals surface area (Å²) in [7, 11) is 1.59. The monoisotopic (exact) mass is 500 g/mol. The highest BCUT2D eigenvalue weighted by Gasteiger charge is 2.27. The molecule has 0 saturated carbocycles. The van der Waals surface area contributed by atoms with E-state index in [2.05, 4.69) is 10.6 Å². The number of rotatable bonds is 7. The molecule has 1 heterocycles. The normalized spacial score (nSPS) is 16.5. The number of benzene rings is 3. The standard InChI is InChI=1S/C25H22Cl2N2O3S/c1-15-3-7-19(27)13-20(15)28-25-29-24(30)23(33-25)12-17-6-10-21(22(11-17)31-2)32-14-16-4-8-18(26)9-5-16/h3-13,25,28H,14H2,1-2H3,(H,29,30)/b23-12-. The SMILES string of the molecule is COc1cc(/C=C2\SC(Nc3cc(Cl)ccc3C)NC2=O)ccc1OCc1ccc(Cl)cc1. The summed E-state index contributed by atoms with van der Waals surface area (Å²) < 4.78 is 11.4. The lowest BCUT2D eigenvalue weighted by molar-refractivity contribution is -0.116. The Morgan fingerprint density at radius 3 is 2.55 bits per heavy atom. The molecule has 5 nitrogen and oxygen atoms in total. The number of halogens is 2. The Hall–Kier alpha value is -2.80. The zero-order valence-electron chi connectivity index (χ0n) is 18.0. The van der Waals surface area contributed by atoms with Gasteiger partial charge in [0.1, 0.15) is 6.61 Å². The summed E-state index contributed by atoms with van der Waals surface area (Å²) >= 11 is 13.4. The first kappa shape index (κ1) is 23.4. The Balaban J connectivity index is 1.45. The summed E-state index contributed by atoms with van der Waals surface area (Å²) in [5.74, 6) is 1.07.